The quantitative estimate of drug-likeness (QED) is 0.146. The minimum absolute atomic E-state index is 0.0329. The number of carbonyl (C=O) groups is 1. The molecule has 1 amide bonds. The van der Waals surface area contributed by atoms with Gasteiger partial charge in [-0.1, -0.05) is 0 Å². The Hall–Kier alpha value is -3.56. The van der Waals surface area contributed by atoms with Crippen molar-refractivity contribution in [2.24, 2.45) is 5.73 Å². The molecule has 0 bridgehead atoms. The summed E-state index contributed by atoms with van der Waals surface area (Å²) < 4.78 is 13.0. The third-order valence-electron chi connectivity index (χ3n) is 6.14. The molecule has 38 heavy (non-hydrogen) atoms. The number of ether oxygens (including phenoxy) is 2. The molecule has 0 spiro atoms. The van der Waals surface area contributed by atoms with Crippen LogP contribution in [0.25, 0.3) is 11.2 Å². The minimum Gasteiger partial charge on any atom is -0.394 e. The van der Waals surface area contributed by atoms with Crippen molar-refractivity contribution < 1.29 is 44.9 Å². The van der Waals surface area contributed by atoms with Gasteiger partial charge in [0.05, 0.1) is 19.5 Å². The van der Waals surface area contributed by atoms with Crippen molar-refractivity contribution in [2.75, 3.05) is 18.9 Å². The molecule has 2 aliphatic rings. The summed E-state index contributed by atoms with van der Waals surface area (Å²) in [5, 5.41) is 61.4. The maximum Gasteiger partial charge on any atom is 0.288 e. The summed E-state index contributed by atoms with van der Waals surface area (Å²) in [5.74, 6) is -1.13. The molecule has 2 aliphatic heterocycles. The van der Waals surface area contributed by atoms with Crippen molar-refractivity contribution in [1.82, 2.24) is 34.3 Å². The first-order valence-electron chi connectivity index (χ1n) is 11.1. The monoisotopic (exact) mass is 541 g/mol. The summed E-state index contributed by atoms with van der Waals surface area (Å²) in [5.41, 5.74) is 8.41. The van der Waals surface area contributed by atoms with Crippen molar-refractivity contribution in [2.45, 2.75) is 55.5 Å². The Morgan fingerprint density at radius 1 is 1.13 bits per heavy atom. The van der Waals surface area contributed by atoms with E-state index in [9.17, 15) is 35.1 Å². The first kappa shape index (κ1) is 27.5. The van der Waals surface area contributed by atoms with Crippen LogP contribution in [0.4, 0.5) is 5.95 Å². The number of aromatic nitrogens is 7. The van der Waals surface area contributed by atoms with E-state index < -0.39 is 73.3 Å². The van der Waals surface area contributed by atoms with Gasteiger partial charge in [-0.15, -0.1) is 5.10 Å². The Bertz CT molecular complexity index is 1360. The van der Waals surface area contributed by atoms with Crippen molar-refractivity contribution in [3.8, 4) is 0 Å². The maximum absolute atomic E-state index is 11.7. The zero-order valence-electron chi connectivity index (χ0n) is 19.8. The maximum atomic E-state index is 11.7. The van der Waals surface area contributed by atoms with Crippen molar-refractivity contribution in [3.05, 3.63) is 28.8 Å². The number of aliphatic hydroxyl groups excluding tert-OH is 5. The number of anilines is 1. The number of rotatable bonds is 5. The molecular weight excluding hydrogens is 514 g/mol. The molecular formula is C19H27N9O10. The molecule has 11 N–H and O–H groups in total. The summed E-state index contributed by atoms with van der Waals surface area (Å²) >= 11 is 0. The summed E-state index contributed by atoms with van der Waals surface area (Å²) in [6, 6.07) is 0. The molecule has 0 aromatic carbocycles. The van der Waals surface area contributed by atoms with Gasteiger partial charge in [0.2, 0.25) is 11.8 Å². The van der Waals surface area contributed by atoms with Crippen LogP contribution in [0.3, 0.4) is 0 Å². The minimum atomic E-state index is -1.69. The van der Waals surface area contributed by atoms with E-state index in [0.717, 1.165) is 11.0 Å². The van der Waals surface area contributed by atoms with Gasteiger partial charge >= 0.3 is 0 Å². The number of H-pyrrole nitrogens is 1. The Kier molecular flexibility index (Phi) is 7.45. The number of amides is 1. The molecule has 2 fully saturated rings. The molecule has 3 aromatic heterocycles. The smallest absolute Gasteiger partial charge is 0.288 e. The Morgan fingerprint density at radius 3 is 2.37 bits per heavy atom. The van der Waals surface area contributed by atoms with Crippen LogP contribution < -0.4 is 17.0 Å². The Balaban J connectivity index is 0.000000181. The number of nitrogens with zero attached hydrogens (tertiary/aromatic N) is 6. The number of aliphatic hydroxyl groups is 6. The summed E-state index contributed by atoms with van der Waals surface area (Å²) in [6.07, 6.45) is -5.33. The lowest BCUT2D eigenvalue weighted by Crippen LogP contribution is -2.44. The third kappa shape index (κ3) is 4.72. The predicted octanol–water partition coefficient (Wildman–Crippen LogP) is -5.31. The van der Waals surface area contributed by atoms with Crippen LogP contribution in [0.15, 0.2) is 17.4 Å². The van der Waals surface area contributed by atoms with E-state index in [1.807, 2.05) is 0 Å². The zero-order valence-corrected chi connectivity index (χ0v) is 19.8. The topological polar surface area (TPSA) is 303 Å². The lowest BCUT2D eigenvalue weighted by atomic mass is 9.96. The normalized spacial score (nSPS) is 32.9. The van der Waals surface area contributed by atoms with Crippen molar-refractivity contribution in [1.29, 1.82) is 0 Å². The van der Waals surface area contributed by atoms with Gasteiger partial charge in [0.25, 0.3) is 11.5 Å². The van der Waals surface area contributed by atoms with E-state index in [4.69, 9.17) is 26.0 Å². The second-order valence-corrected chi connectivity index (χ2v) is 8.80. The number of imidazole rings is 1. The molecule has 19 heteroatoms. The van der Waals surface area contributed by atoms with Gasteiger partial charge in [0.1, 0.15) is 42.4 Å². The Morgan fingerprint density at radius 2 is 1.82 bits per heavy atom. The van der Waals surface area contributed by atoms with Crippen LogP contribution >= 0.6 is 0 Å². The molecule has 2 saturated heterocycles. The first-order valence-corrected chi connectivity index (χ1v) is 11.1. The van der Waals surface area contributed by atoms with Gasteiger partial charge in [-0.25, -0.2) is 14.6 Å². The van der Waals surface area contributed by atoms with E-state index >= 15 is 0 Å². The lowest BCUT2D eigenvalue weighted by Gasteiger charge is -2.27. The number of aromatic amines is 1. The fraction of sp³-hybridized carbons (Fsp3) is 0.579. The number of nitrogens with two attached hydrogens (primary N) is 2. The van der Waals surface area contributed by atoms with E-state index in [-0.39, 0.29) is 22.9 Å². The van der Waals surface area contributed by atoms with Crippen molar-refractivity contribution in [3.63, 3.8) is 0 Å². The molecule has 5 rings (SSSR count). The number of nitrogens with one attached hydrogen (secondary N) is 1. The standard InChI is InChI=1S/C11H15N5O5.C8H12N4O5/c1-11(20)6(18)4(2-17)21-9(11)16-3-13-5-7(16)14-10(12)15-8(5)19;9-6(16)7-10-2-12(11-7)8-5(15)4(14)3(1-13)17-8/h3-4,6,9,17-18,20H,2H2,1H3,(H3,12,14,15,19);2-5,8,13-15H,1H2,(H2,9,16)/t4-,6+,9-,11?;3-,4+,5?,8-/m11/s1. The molecule has 19 nitrogen and oxygen atoms in total. The highest BCUT2D eigenvalue weighted by molar-refractivity contribution is 5.88. The highest BCUT2D eigenvalue weighted by atomic mass is 16.6. The molecule has 0 saturated carbocycles. The van der Waals surface area contributed by atoms with Crippen LogP contribution in [0.2, 0.25) is 0 Å². The number of carbonyl (C=O) groups excluding carboxylic acids is 1. The molecule has 2 unspecified atom stereocenters. The number of nitrogen functional groups attached to an aromatic ring is 1. The van der Waals surface area contributed by atoms with Crippen LogP contribution in [0.1, 0.15) is 30.0 Å². The van der Waals surface area contributed by atoms with Gasteiger partial charge in [0, 0.05) is 0 Å². The molecule has 8 atom stereocenters. The van der Waals surface area contributed by atoms with E-state index in [2.05, 4.69) is 25.0 Å². The van der Waals surface area contributed by atoms with E-state index in [0.29, 0.717) is 0 Å². The summed E-state index contributed by atoms with van der Waals surface area (Å²) in [6.45, 7) is 0.461. The van der Waals surface area contributed by atoms with Crippen LogP contribution in [0.5, 0.6) is 0 Å². The fourth-order valence-corrected chi connectivity index (χ4v) is 4.11. The average Bonchev–Trinajstić information content (AvgIpc) is 3.62. The van der Waals surface area contributed by atoms with Crippen LogP contribution in [-0.4, -0.2) is 120 Å². The predicted molar refractivity (Wildman–Crippen MR) is 122 cm³/mol. The van der Waals surface area contributed by atoms with Crippen LogP contribution in [-0.2, 0) is 9.47 Å². The zero-order chi connectivity index (χ0) is 27.9. The molecule has 3 aromatic rings. The van der Waals surface area contributed by atoms with Gasteiger partial charge in [-0.2, -0.15) is 4.98 Å². The van der Waals surface area contributed by atoms with Crippen molar-refractivity contribution >= 4 is 23.0 Å². The lowest BCUT2D eigenvalue weighted by molar-refractivity contribution is -0.0950. The van der Waals surface area contributed by atoms with Gasteiger partial charge < -0.3 is 51.6 Å². The van der Waals surface area contributed by atoms with Crippen LogP contribution in [0, 0.1) is 0 Å². The average molecular weight is 541 g/mol. The highest BCUT2D eigenvalue weighted by Gasteiger charge is 2.53. The highest BCUT2D eigenvalue weighted by Crippen LogP contribution is 2.39. The number of fused-ring (bicyclic) bond motifs is 1. The summed E-state index contributed by atoms with van der Waals surface area (Å²) in [4.78, 5) is 36.3. The SMILES string of the molecule is CC1(O)[C@@H](O)[C@@H](CO)O[C@H]1n1cnc2c(=O)[nH]c(N)nc21.NC(=O)c1ncn([C@@H]2O[C@H](CO)[C@H](O)C2O)n1. The molecule has 5 heterocycles. The molecule has 0 aliphatic carbocycles. The van der Waals surface area contributed by atoms with E-state index in [1.165, 1.54) is 17.8 Å². The molecule has 208 valence electrons. The number of hydrogen-bond acceptors (Lipinski definition) is 15. The van der Waals surface area contributed by atoms with Gasteiger partial charge in [-0.05, 0) is 6.92 Å². The second kappa shape index (κ2) is 10.3. The molecule has 0 radical (unpaired) electrons. The van der Waals surface area contributed by atoms with Gasteiger partial charge in [-0.3, -0.25) is 19.1 Å². The number of primary amides is 1. The first-order chi connectivity index (χ1) is 17.9. The van der Waals surface area contributed by atoms with Gasteiger partial charge in [0.15, 0.2) is 23.6 Å². The van der Waals surface area contributed by atoms with E-state index in [1.54, 1.807) is 0 Å². The second-order valence-electron chi connectivity index (χ2n) is 8.80. The Labute approximate surface area is 211 Å². The largest absolute Gasteiger partial charge is 0.394 e. The third-order valence-corrected chi connectivity index (χ3v) is 6.14. The fourth-order valence-electron chi connectivity index (χ4n) is 4.11. The number of hydrogen-bond donors (Lipinski definition) is 9. The summed E-state index contributed by atoms with van der Waals surface area (Å²) in [7, 11) is 0.